The number of halogens is 1. The highest BCUT2D eigenvalue weighted by molar-refractivity contribution is 5.95. The van der Waals surface area contributed by atoms with E-state index in [2.05, 4.69) is 10.6 Å². The molecule has 0 spiro atoms. The average Bonchev–Trinajstić information content (AvgIpc) is 3.03. The van der Waals surface area contributed by atoms with Gasteiger partial charge in [0.25, 0.3) is 0 Å². The van der Waals surface area contributed by atoms with E-state index < -0.39 is 0 Å². The molecule has 1 aliphatic rings. The summed E-state index contributed by atoms with van der Waals surface area (Å²) in [6.45, 7) is 1.46. The molecule has 1 saturated heterocycles. The number of nitrogens with zero attached hydrogens (tertiary/aromatic N) is 1. The molecule has 0 aliphatic carbocycles. The molecule has 130 valence electrons. The van der Waals surface area contributed by atoms with Crippen molar-refractivity contribution in [2.24, 2.45) is 0 Å². The molecular formula is C18H18FN3O3. The molecular weight excluding hydrogens is 325 g/mol. The van der Waals surface area contributed by atoms with Crippen molar-refractivity contribution in [1.82, 2.24) is 5.32 Å². The number of nitrogens with one attached hydrogen (secondary N) is 2. The van der Waals surface area contributed by atoms with Gasteiger partial charge < -0.3 is 15.4 Å². The number of anilines is 2. The van der Waals surface area contributed by atoms with Crippen molar-refractivity contribution in [1.29, 1.82) is 0 Å². The highest BCUT2D eigenvalue weighted by Gasteiger charge is 2.20. The molecule has 0 aromatic heterocycles. The molecule has 1 fully saturated rings. The first-order valence-corrected chi connectivity index (χ1v) is 7.95. The molecule has 2 aromatic carbocycles. The van der Waals surface area contributed by atoms with Crippen LogP contribution in [0.1, 0.15) is 6.42 Å². The number of rotatable bonds is 6. The molecule has 6 nitrogen and oxygen atoms in total. The van der Waals surface area contributed by atoms with Crippen molar-refractivity contribution in [3.05, 3.63) is 54.3 Å². The van der Waals surface area contributed by atoms with Gasteiger partial charge in [-0.15, -0.1) is 0 Å². The molecule has 0 bridgehead atoms. The Morgan fingerprint density at radius 2 is 1.88 bits per heavy atom. The van der Waals surface area contributed by atoms with E-state index in [1.165, 1.54) is 24.3 Å². The van der Waals surface area contributed by atoms with Gasteiger partial charge in [0, 0.05) is 24.5 Å². The number of urea groups is 1. The van der Waals surface area contributed by atoms with E-state index in [1.807, 2.05) is 0 Å². The van der Waals surface area contributed by atoms with E-state index in [0.717, 1.165) is 5.69 Å². The second-order valence-corrected chi connectivity index (χ2v) is 5.53. The van der Waals surface area contributed by atoms with Crippen LogP contribution in [0.4, 0.5) is 20.6 Å². The Hall–Kier alpha value is -3.09. The van der Waals surface area contributed by atoms with Gasteiger partial charge in [0.05, 0.1) is 13.0 Å². The standard InChI is InChI=1S/C18H18FN3O3/c19-13-1-7-16(8-2-13)25-12-9-17(23)21-14-3-5-15(6-4-14)22-11-10-20-18(22)24/h1-8H,9-12H2,(H,20,24)(H,21,23). The zero-order chi connectivity index (χ0) is 17.6. The minimum Gasteiger partial charge on any atom is -0.493 e. The van der Waals surface area contributed by atoms with Crippen LogP contribution < -0.4 is 20.3 Å². The molecule has 0 radical (unpaired) electrons. The van der Waals surface area contributed by atoms with Crippen LogP contribution in [0.15, 0.2) is 48.5 Å². The molecule has 0 saturated carbocycles. The van der Waals surface area contributed by atoms with Gasteiger partial charge in [-0.25, -0.2) is 9.18 Å². The van der Waals surface area contributed by atoms with Crippen molar-refractivity contribution in [3.63, 3.8) is 0 Å². The molecule has 0 atom stereocenters. The largest absolute Gasteiger partial charge is 0.493 e. The summed E-state index contributed by atoms with van der Waals surface area (Å²) in [5.41, 5.74) is 1.43. The lowest BCUT2D eigenvalue weighted by atomic mass is 10.2. The van der Waals surface area contributed by atoms with Crippen LogP contribution >= 0.6 is 0 Å². The van der Waals surface area contributed by atoms with Crippen molar-refractivity contribution in [2.45, 2.75) is 6.42 Å². The Labute approximate surface area is 144 Å². The summed E-state index contributed by atoms with van der Waals surface area (Å²) in [4.78, 5) is 25.2. The summed E-state index contributed by atoms with van der Waals surface area (Å²) in [7, 11) is 0. The minimum atomic E-state index is -0.333. The van der Waals surface area contributed by atoms with Gasteiger partial charge in [0.15, 0.2) is 0 Å². The van der Waals surface area contributed by atoms with Crippen molar-refractivity contribution < 1.29 is 18.7 Å². The predicted octanol–water partition coefficient (Wildman–Crippen LogP) is 2.76. The van der Waals surface area contributed by atoms with Crippen LogP contribution in [0, 0.1) is 5.82 Å². The van der Waals surface area contributed by atoms with E-state index in [9.17, 15) is 14.0 Å². The van der Waals surface area contributed by atoms with Gasteiger partial charge in [-0.2, -0.15) is 0 Å². The molecule has 2 aromatic rings. The van der Waals surface area contributed by atoms with Gasteiger partial charge >= 0.3 is 6.03 Å². The van der Waals surface area contributed by atoms with Crippen LogP contribution in [-0.4, -0.2) is 31.6 Å². The van der Waals surface area contributed by atoms with Gasteiger partial charge in [0.1, 0.15) is 11.6 Å². The van der Waals surface area contributed by atoms with Crippen LogP contribution in [0.5, 0.6) is 5.75 Å². The van der Waals surface area contributed by atoms with E-state index in [-0.39, 0.29) is 30.8 Å². The Morgan fingerprint density at radius 3 is 2.52 bits per heavy atom. The Morgan fingerprint density at radius 1 is 1.16 bits per heavy atom. The fraction of sp³-hybridized carbons (Fsp3) is 0.222. The van der Waals surface area contributed by atoms with Gasteiger partial charge in [-0.1, -0.05) is 0 Å². The third-order valence-corrected chi connectivity index (χ3v) is 3.73. The van der Waals surface area contributed by atoms with Gasteiger partial charge in [0.2, 0.25) is 5.91 Å². The maximum atomic E-state index is 12.8. The van der Waals surface area contributed by atoms with Gasteiger partial charge in [-0.05, 0) is 48.5 Å². The average molecular weight is 343 g/mol. The maximum Gasteiger partial charge on any atom is 0.321 e. The summed E-state index contributed by atoms with van der Waals surface area (Å²) < 4.78 is 18.2. The number of carbonyl (C=O) groups is 2. The Bertz CT molecular complexity index is 747. The van der Waals surface area contributed by atoms with E-state index >= 15 is 0 Å². The summed E-state index contributed by atoms with van der Waals surface area (Å²) in [6, 6.07) is 12.6. The van der Waals surface area contributed by atoms with E-state index in [1.54, 1.807) is 29.2 Å². The molecule has 3 amide bonds. The van der Waals surface area contributed by atoms with Crippen molar-refractivity contribution in [2.75, 3.05) is 29.9 Å². The quantitative estimate of drug-likeness (QED) is 0.847. The summed E-state index contributed by atoms with van der Waals surface area (Å²) >= 11 is 0. The number of carbonyl (C=O) groups excluding carboxylic acids is 2. The second kappa shape index (κ2) is 7.65. The molecule has 0 unspecified atom stereocenters. The number of benzene rings is 2. The number of ether oxygens (including phenoxy) is 1. The predicted molar refractivity (Wildman–Crippen MR) is 92.3 cm³/mol. The lowest BCUT2D eigenvalue weighted by Crippen LogP contribution is -2.27. The molecule has 25 heavy (non-hydrogen) atoms. The fourth-order valence-corrected chi connectivity index (χ4v) is 2.46. The topological polar surface area (TPSA) is 70.7 Å². The minimum absolute atomic E-state index is 0.116. The highest BCUT2D eigenvalue weighted by atomic mass is 19.1. The van der Waals surface area contributed by atoms with E-state index in [4.69, 9.17) is 4.74 Å². The normalized spacial score (nSPS) is 13.5. The lowest BCUT2D eigenvalue weighted by molar-refractivity contribution is -0.116. The van der Waals surface area contributed by atoms with E-state index in [0.29, 0.717) is 24.5 Å². The Kier molecular flexibility index (Phi) is 5.13. The Balaban J connectivity index is 1.46. The molecule has 1 aliphatic heterocycles. The van der Waals surface area contributed by atoms with Crippen LogP contribution in [0.3, 0.4) is 0 Å². The highest BCUT2D eigenvalue weighted by Crippen LogP contribution is 2.19. The molecule has 3 rings (SSSR count). The number of hydrogen-bond donors (Lipinski definition) is 2. The molecule has 7 heteroatoms. The lowest BCUT2D eigenvalue weighted by Gasteiger charge is -2.14. The summed E-state index contributed by atoms with van der Waals surface area (Å²) in [6.07, 6.45) is 0.174. The zero-order valence-corrected chi connectivity index (χ0v) is 13.5. The number of amides is 3. The fourth-order valence-electron chi connectivity index (χ4n) is 2.46. The van der Waals surface area contributed by atoms with Crippen LogP contribution in [0.2, 0.25) is 0 Å². The van der Waals surface area contributed by atoms with Crippen LogP contribution in [-0.2, 0) is 4.79 Å². The first-order valence-electron chi connectivity index (χ1n) is 7.95. The van der Waals surface area contributed by atoms with Crippen molar-refractivity contribution >= 4 is 23.3 Å². The first kappa shape index (κ1) is 16.8. The molecule has 1 heterocycles. The maximum absolute atomic E-state index is 12.8. The molecule has 2 N–H and O–H groups in total. The number of hydrogen-bond acceptors (Lipinski definition) is 3. The van der Waals surface area contributed by atoms with Crippen molar-refractivity contribution in [3.8, 4) is 5.75 Å². The SMILES string of the molecule is O=C(CCOc1ccc(F)cc1)Nc1ccc(N2CCNC2=O)cc1. The second-order valence-electron chi connectivity index (χ2n) is 5.53. The van der Waals surface area contributed by atoms with Gasteiger partial charge in [-0.3, -0.25) is 9.69 Å². The smallest absolute Gasteiger partial charge is 0.321 e. The zero-order valence-electron chi connectivity index (χ0n) is 13.5. The monoisotopic (exact) mass is 343 g/mol. The summed E-state index contributed by atoms with van der Waals surface area (Å²) in [5, 5.41) is 5.51. The van der Waals surface area contributed by atoms with Crippen LogP contribution in [0.25, 0.3) is 0 Å². The first-order chi connectivity index (χ1) is 12.1. The summed E-state index contributed by atoms with van der Waals surface area (Å²) in [5.74, 6) is -0.00354. The third-order valence-electron chi connectivity index (χ3n) is 3.73. The third kappa shape index (κ3) is 4.47.